The van der Waals surface area contributed by atoms with Crippen LogP contribution in [0.3, 0.4) is 0 Å². The predicted octanol–water partition coefficient (Wildman–Crippen LogP) is 1.85. The summed E-state index contributed by atoms with van der Waals surface area (Å²) in [5.41, 5.74) is 2.01. The van der Waals surface area contributed by atoms with E-state index in [1.54, 1.807) is 0 Å². The fourth-order valence-corrected chi connectivity index (χ4v) is 3.05. The molecule has 0 heterocycles. The summed E-state index contributed by atoms with van der Waals surface area (Å²) in [6.45, 7) is 5.85. The van der Waals surface area contributed by atoms with Gasteiger partial charge in [0.15, 0.2) is 0 Å². The third-order valence-corrected chi connectivity index (χ3v) is 3.58. The van der Waals surface area contributed by atoms with Gasteiger partial charge in [0.05, 0.1) is 5.75 Å². The molecule has 2 N–H and O–H groups in total. The summed E-state index contributed by atoms with van der Waals surface area (Å²) in [6, 6.07) is 8.12. The Kier molecular flexibility index (Phi) is 3.76. The number of sulfonamides is 1. The van der Waals surface area contributed by atoms with Gasteiger partial charge in [-0.25, -0.2) is 13.6 Å². The molecule has 1 aromatic carbocycles. The molecule has 0 aliphatic carbocycles. The summed E-state index contributed by atoms with van der Waals surface area (Å²) in [7, 11) is -3.41. The van der Waals surface area contributed by atoms with Gasteiger partial charge < -0.3 is 0 Å². The molecule has 0 aromatic heterocycles. The molecule has 1 aromatic rings. The van der Waals surface area contributed by atoms with E-state index < -0.39 is 10.0 Å². The van der Waals surface area contributed by atoms with E-state index >= 15 is 0 Å². The van der Waals surface area contributed by atoms with Crippen LogP contribution in [0.15, 0.2) is 24.3 Å². The van der Waals surface area contributed by atoms with Crippen molar-refractivity contribution in [2.24, 2.45) is 10.6 Å². The van der Waals surface area contributed by atoms with Crippen LogP contribution in [0, 0.1) is 12.3 Å². The molecule has 0 amide bonds. The number of hydrogen-bond donors (Lipinski definition) is 1. The van der Waals surface area contributed by atoms with Crippen molar-refractivity contribution >= 4 is 10.0 Å². The highest BCUT2D eigenvalue weighted by Gasteiger charge is 2.24. The Morgan fingerprint density at radius 2 is 1.69 bits per heavy atom. The molecule has 90 valence electrons. The lowest BCUT2D eigenvalue weighted by Gasteiger charge is -2.23. The second kappa shape index (κ2) is 4.55. The lowest BCUT2D eigenvalue weighted by molar-refractivity contribution is 0.409. The monoisotopic (exact) mass is 241 g/mol. The van der Waals surface area contributed by atoms with Gasteiger partial charge in [-0.1, -0.05) is 43.7 Å². The lowest BCUT2D eigenvalue weighted by atomic mass is 9.88. The van der Waals surface area contributed by atoms with E-state index in [4.69, 9.17) is 5.14 Å². The number of rotatable bonds is 4. The van der Waals surface area contributed by atoms with Gasteiger partial charge in [0, 0.05) is 0 Å². The first-order chi connectivity index (χ1) is 7.18. The minimum absolute atomic E-state index is 0.00781. The van der Waals surface area contributed by atoms with Crippen LogP contribution >= 0.6 is 0 Å². The Hall–Kier alpha value is -0.870. The van der Waals surface area contributed by atoms with Crippen molar-refractivity contribution in [2.75, 3.05) is 5.75 Å². The van der Waals surface area contributed by atoms with E-state index in [1.165, 1.54) is 5.56 Å². The molecule has 0 aliphatic heterocycles. The standard InChI is InChI=1S/C12H19NO2S/c1-10-4-6-11(7-5-10)8-12(2,3)9-16(13,14)15/h4-7H,8-9H2,1-3H3,(H2,13,14,15). The van der Waals surface area contributed by atoms with Gasteiger partial charge in [-0.05, 0) is 24.3 Å². The van der Waals surface area contributed by atoms with Crippen molar-refractivity contribution in [1.82, 2.24) is 0 Å². The summed E-state index contributed by atoms with van der Waals surface area (Å²) >= 11 is 0. The maximum Gasteiger partial charge on any atom is 0.209 e. The van der Waals surface area contributed by atoms with Gasteiger partial charge in [-0.3, -0.25) is 0 Å². The Bertz CT molecular complexity index is 446. The van der Waals surface area contributed by atoms with Crippen LogP contribution in [-0.4, -0.2) is 14.2 Å². The Morgan fingerprint density at radius 3 is 2.12 bits per heavy atom. The van der Waals surface area contributed by atoms with Crippen molar-refractivity contribution in [1.29, 1.82) is 0 Å². The fraction of sp³-hybridized carbons (Fsp3) is 0.500. The zero-order chi connectivity index (χ0) is 12.4. The Labute approximate surface area is 97.7 Å². The number of aryl methyl sites for hydroxylation is 1. The summed E-state index contributed by atoms with van der Waals surface area (Å²) in [4.78, 5) is 0. The molecule has 0 unspecified atom stereocenters. The first-order valence-corrected chi connectivity index (χ1v) is 6.96. The summed E-state index contributed by atoms with van der Waals surface area (Å²) in [5.74, 6) is 0.00781. The van der Waals surface area contributed by atoms with Crippen LogP contribution in [0.4, 0.5) is 0 Å². The maximum atomic E-state index is 11.1. The summed E-state index contributed by atoms with van der Waals surface area (Å²) in [5, 5.41) is 5.07. The van der Waals surface area contributed by atoms with E-state index in [0.29, 0.717) is 6.42 Å². The van der Waals surface area contributed by atoms with Crippen molar-refractivity contribution in [3.63, 3.8) is 0 Å². The second-order valence-corrected chi connectivity index (χ2v) is 6.75. The van der Waals surface area contributed by atoms with Gasteiger partial charge in [-0.15, -0.1) is 0 Å². The van der Waals surface area contributed by atoms with Crippen LogP contribution in [0.1, 0.15) is 25.0 Å². The van der Waals surface area contributed by atoms with Crippen molar-refractivity contribution in [3.8, 4) is 0 Å². The first-order valence-electron chi connectivity index (χ1n) is 5.24. The Balaban J connectivity index is 2.76. The van der Waals surface area contributed by atoms with Crippen LogP contribution in [0.5, 0.6) is 0 Å². The third-order valence-electron chi connectivity index (χ3n) is 2.40. The molecule has 0 fully saturated rings. The number of nitrogens with two attached hydrogens (primary N) is 1. The zero-order valence-corrected chi connectivity index (χ0v) is 10.8. The largest absolute Gasteiger partial charge is 0.229 e. The number of benzene rings is 1. The van der Waals surface area contributed by atoms with Crippen molar-refractivity contribution in [3.05, 3.63) is 35.4 Å². The average molecular weight is 241 g/mol. The van der Waals surface area contributed by atoms with Gasteiger partial charge in [0.1, 0.15) is 0 Å². The van der Waals surface area contributed by atoms with Crippen molar-refractivity contribution in [2.45, 2.75) is 27.2 Å². The van der Waals surface area contributed by atoms with Gasteiger partial charge in [0.25, 0.3) is 0 Å². The molecule has 0 spiro atoms. The highest BCUT2D eigenvalue weighted by atomic mass is 32.2. The van der Waals surface area contributed by atoms with Gasteiger partial charge in [0.2, 0.25) is 10.0 Å². The molecule has 0 saturated heterocycles. The highest BCUT2D eigenvalue weighted by molar-refractivity contribution is 7.89. The number of primary sulfonamides is 1. The van der Waals surface area contributed by atoms with E-state index in [-0.39, 0.29) is 11.2 Å². The third kappa shape index (κ3) is 4.77. The Morgan fingerprint density at radius 1 is 1.19 bits per heavy atom. The molecule has 0 atom stereocenters. The van der Waals surface area contributed by atoms with Crippen molar-refractivity contribution < 1.29 is 8.42 Å². The van der Waals surface area contributed by atoms with E-state index in [2.05, 4.69) is 0 Å². The van der Waals surface area contributed by atoms with E-state index in [1.807, 2.05) is 45.0 Å². The molecule has 0 radical (unpaired) electrons. The SMILES string of the molecule is Cc1ccc(CC(C)(C)CS(N)(=O)=O)cc1. The second-order valence-electron chi connectivity index (χ2n) is 5.13. The molecule has 3 nitrogen and oxygen atoms in total. The van der Waals surface area contributed by atoms with E-state index in [9.17, 15) is 8.42 Å². The predicted molar refractivity (Wildman–Crippen MR) is 66.6 cm³/mol. The van der Waals surface area contributed by atoms with Gasteiger partial charge >= 0.3 is 0 Å². The van der Waals surface area contributed by atoms with Crippen LogP contribution in [0.2, 0.25) is 0 Å². The maximum absolute atomic E-state index is 11.1. The minimum Gasteiger partial charge on any atom is -0.229 e. The highest BCUT2D eigenvalue weighted by Crippen LogP contribution is 2.23. The topological polar surface area (TPSA) is 60.2 Å². The fourth-order valence-electron chi connectivity index (χ4n) is 1.85. The summed E-state index contributed by atoms with van der Waals surface area (Å²) < 4.78 is 22.1. The molecule has 0 saturated carbocycles. The molecule has 0 bridgehead atoms. The molecule has 16 heavy (non-hydrogen) atoms. The molecule has 0 aliphatic rings. The number of hydrogen-bond acceptors (Lipinski definition) is 2. The molecule has 1 rings (SSSR count). The average Bonchev–Trinajstić information content (AvgIpc) is 2.04. The van der Waals surface area contributed by atoms with Crippen LogP contribution in [-0.2, 0) is 16.4 Å². The molecular formula is C12H19NO2S. The van der Waals surface area contributed by atoms with E-state index in [0.717, 1.165) is 5.56 Å². The molecular weight excluding hydrogens is 222 g/mol. The van der Waals surface area contributed by atoms with Crippen LogP contribution in [0.25, 0.3) is 0 Å². The quantitative estimate of drug-likeness (QED) is 0.874. The zero-order valence-electron chi connectivity index (χ0n) is 10.0. The lowest BCUT2D eigenvalue weighted by Crippen LogP contribution is -2.30. The van der Waals surface area contributed by atoms with Crippen LogP contribution < -0.4 is 5.14 Å². The normalized spacial score (nSPS) is 12.8. The minimum atomic E-state index is -3.41. The smallest absolute Gasteiger partial charge is 0.209 e. The first kappa shape index (κ1) is 13.2. The molecule has 4 heteroatoms. The van der Waals surface area contributed by atoms with Gasteiger partial charge in [-0.2, -0.15) is 0 Å². The summed E-state index contributed by atoms with van der Waals surface area (Å²) in [6.07, 6.45) is 0.712.